The molecule has 0 fully saturated rings. The molecular formula is C24H21N7O2. The van der Waals surface area contributed by atoms with E-state index < -0.39 is 0 Å². The van der Waals surface area contributed by atoms with E-state index in [0.717, 1.165) is 16.9 Å². The number of aromatic nitrogens is 4. The second kappa shape index (κ2) is 7.86. The molecule has 3 heterocycles. The number of carbonyl (C=O) groups is 2. The molecule has 1 aliphatic heterocycles. The molecule has 0 spiro atoms. The van der Waals surface area contributed by atoms with Crippen molar-refractivity contribution in [1.82, 2.24) is 19.7 Å². The summed E-state index contributed by atoms with van der Waals surface area (Å²) in [6.45, 7) is 3.84. The van der Waals surface area contributed by atoms with E-state index in [0.29, 0.717) is 34.3 Å². The van der Waals surface area contributed by atoms with Crippen LogP contribution in [-0.4, -0.2) is 38.6 Å². The third kappa shape index (κ3) is 3.49. The number of carbonyl (C=O) groups excluding carboxylic acids is 2. The summed E-state index contributed by atoms with van der Waals surface area (Å²) < 4.78 is 1.69. The molecule has 0 saturated carbocycles. The molecule has 2 amide bonds. The SMILES string of the molecule is CNc1cc(-n2nc(C)cc2Nc2cc(N3C(=O)c4ccccc4C3=O)ccc2C)ncn1. The maximum Gasteiger partial charge on any atom is 0.266 e. The van der Waals surface area contributed by atoms with Crippen LogP contribution in [0.2, 0.25) is 0 Å². The summed E-state index contributed by atoms with van der Waals surface area (Å²) in [6, 6.07) is 16.0. The largest absolute Gasteiger partial charge is 0.373 e. The number of benzene rings is 2. The van der Waals surface area contributed by atoms with Crippen molar-refractivity contribution in [2.45, 2.75) is 13.8 Å². The third-order valence-corrected chi connectivity index (χ3v) is 5.49. The Morgan fingerprint density at radius 1 is 0.879 bits per heavy atom. The molecule has 9 nitrogen and oxygen atoms in total. The van der Waals surface area contributed by atoms with E-state index in [-0.39, 0.29) is 11.8 Å². The van der Waals surface area contributed by atoms with Gasteiger partial charge < -0.3 is 10.6 Å². The summed E-state index contributed by atoms with van der Waals surface area (Å²) in [5, 5.41) is 10.9. The highest BCUT2D eigenvalue weighted by molar-refractivity contribution is 6.34. The first-order chi connectivity index (χ1) is 16.0. The van der Waals surface area contributed by atoms with Crippen molar-refractivity contribution in [1.29, 1.82) is 0 Å². The van der Waals surface area contributed by atoms with E-state index in [1.165, 1.54) is 11.2 Å². The van der Waals surface area contributed by atoms with Crippen molar-refractivity contribution in [3.05, 3.63) is 83.3 Å². The minimum absolute atomic E-state index is 0.327. The Kier molecular flexibility index (Phi) is 4.86. The molecule has 164 valence electrons. The topological polar surface area (TPSA) is 105 Å². The minimum Gasteiger partial charge on any atom is -0.373 e. The number of nitrogens with one attached hydrogen (secondary N) is 2. The van der Waals surface area contributed by atoms with Crippen molar-refractivity contribution in [2.24, 2.45) is 0 Å². The summed E-state index contributed by atoms with van der Waals surface area (Å²) in [4.78, 5) is 35.5. The lowest BCUT2D eigenvalue weighted by Crippen LogP contribution is -2.29. The van der Waals surface area contributed by atoms with Gasteiger partial charge in [0.05, 0.1) is 22.5 Å². The Balaban J connectivity index is 1.51. The highest BCUT2D eigenvalue weighted by atomic mass is 16.2. The van der Waals surface area contributed by atoms with Crippen molar-refractivity contribution in [3.8, 4) is 5.82 Å². The lowest BCUT2D eigenvalue weighted by molar-refractivity contribution is 0.0926. The molecule has 1 aliphatic rings. The van der Waals surface area contributed by atoms with Gasteiger partial charge in [-0.2, -0.15) is 9.78 Å². The lowest BCUT2D eigenvalue weighted by Gasteiger charge is -2.17. The van der Waals surface area contributed by atoms with E-state index in [4.69, 9.17) is 0 Å². The summed E-state index contributed by atoms with van der Waals surface area (Å²) in [6.07, 6.45) is 1.47. The molecule has 0 aliphatic carbocycles. The fourth-order valence-corrected chi connectivity index (χ4v) is 3.81. The molecule has 5 rings (SSSR count). The van der Waals surface area contributed by atoms with E-state index in [2.05, 4.69) is 25.7 Å². The molecule has 9 heteroatoms. The Labute approximate surface area is 190 Å². The van der Waals surface area contributed by atoms with Crippen LogP contribution in [0.25, 0.3) is 5.82 Å². The lowest BCUT2D eigenvalue weighted by atomic mass is 10.1. The van der Waals surface area contributed by atoms with Crippen LogP contribution in [0.4, 0.5) is 23.0 Å². The maximum atomic E-state index is 12.9. The third-order valence-electron chi connectivity index (χ3n) is 5.49. The number of nitrogens with zero attached hydrogens (tertiary/aromatic N) is 5. The average Bonchev–Trinajstić information content (AvgIpc) is 3.32. The quantitative estimate of drug-likeness (QED) is 0.455. The van der Waals surface area contributed by atoms with Crippen LogP contribution in [0.3, 0.4) is 0 Å². The normalized spacial score (nSPS) is 12.8. The van der Waals surface area contributed by atoms with Gasteiger partial charge in [-0.25, -0.2) is 14.9 Å². The van der Waals surface area contributed by atoms with Gasteiger partial charge in [0.1, 0.15) is 18.0 Å². The number of anilines is 4. The van der Waals surface area contributed by atoms with Gasteiger partial charge in [0.15, 0.2) is 5.82 Å². The molecule has 0 bridgehead atoms. The molecule has 2 aromatic carbocycles. The van der Waals surface area contributed by atoms with Crippen molar-refractivity contribution >= 4 is 34.8 Å². The molecule has 2 N–H and O–H groups in total. The van der Waals surface area contributed by atoms with Crippen LogP contribution < -0.4 is 15.5 Å². The number of rotatable bonds is 5. The van der Waals surface area contributed by atoms with Crippen LogP contribution in [-0.2, 0) is 0 Å². The highest BCUT2D eigenvalue weighted by Crippen LogP contribution is 2.32. The van der Waals surface area contributed by atoms with Gasteiger partial charge in [-0.3, -0.25) is 9.59 Å². The molecule has 0 saturated heterocycles. The van der Waals surface area contributed by atoms with Gasteiger partial charge >= 0.3 is 0 Å². The zero-order valence-electron chi connectivity index (χ0n) is 18.3. The minimum atomic E-state index is -0.327. The summed E-state index contributed by atoms with van der Waals surface area (Å²) in [5.41, 5.74) is 3.81. The zero-order chi connectivity index (χ0) is 23.1. The number of hydrogen-bond donors (Lipinski definition) is 2. The van der Waals surface area contributed by atoms with E-state index in [9.17, 15) is 9.59 Å². The van der Waals surface area contributed by atoms with Gasteiger partial charge in [0.25, 0.3) is 11.8 Å². The predicted molar refractivity (Wildman–Crippen MR) is 125 cm³/mol. The fourth-order valence-electron chi connectivity index (χ4n) is 3.81. The second-order valence-electron chi connectivity index (χ2n) is 7.71. The standard InChI is InChI=1S/C24H21N7O2/c1-14-8-9-16(30-23(32)17-6-4-5-7-18(17)24(30)33)11-19(14)28-22-10-15(2)29-31(22)21-12-20(25-3)26-13-27-21/h4-13,28H,1-3H3,(H,25,26,27). The average molecular weight is 439 g/mol. The first-order valence-electron chi connectivity index (χ1n) is 10.4. The van der Waals surface area contributed by atoms with Gasteiger partial charge in [0.2, 0.25) is 0 Å². The van der Waals surface area contributed by atoms with Gasteiger partial charge in [-0.1, -0.05) is 18.2 Å². The first kappa shape index (κ1) is 20.4. The van der Waals surface area contributed by atoms with Crippen LogP contribution in [0.1, 0.15) is 32.0 Å². The molecular weight excluding hydrogens is 418 g/mol. The number of fused-ring (bicyclic) bond motifs is 1. The Morgan fingerprint density at radius 2 is 1.61 bits per heavy atom. The van der Waals surface area contributed by atoms with E-state index in [1.807, 2.05) is 26.0 Å². The molecule has 0 radical (unpaired) electrons. The summed E-state index contributed by atoms with van der Waals surface area (Å²) in [5.74, 6) is 1.30. The van der Waals surface area contributed by atoms with Gasteiger partial charge in [0, 0.05) is 24.9 Å². The highest BCUT2D eigenvalue weighted by Gasteiger charge is 2.36. The summed E-state index contributed by atoms with van der Waals surface area (Å²) >= 11 is 0. The van der Waals surface area contributed by atoms with Gasteiger partial charge in [-0.15, -0.1) is 0 Å². The Hall–Kier alpha value is -4.53. The van der Waals surface area contributed by atoms with E-state index >= 15 is 0 Å². The number of hydrogen-bond acceptors (Lipinski definition) is 7. The molecule has 4 aromatic rings. The Bertz CT molecular complexity index is 1370. The number of amides is 2. The molecule has 33 heavy (non-hydrogen) atoms. The van der Waals surface area contributed by atoms with Crippen LogP contribution in [0, 0.1) is 13.8 Å². The molecule has 0 unspecified atom stereocenters. The molecule has 0 atom stereocenters. The van der Waals surface area contributed by atoms with E-state index in [1.54, 1.807) is 54.2 Å². The van der Waals surface area contributed by atoms with Crippen molar-refractivity contribution in [3.63, 3.8) is 0 Å². The first-order valence-corrected chi connectivity index (χ1v) is 10.4. The van der Waals surface area contributed by atoms with Crippen LogP contribution in [0.15, 0.2) is 60.9 Å². The molecule has 2 aromatic heterocycles. The van der Waals surface area contributed by atoms with Crippen molar-refractivity contribution in [2.75, 3.05) is 22.6 Å². The Morgan fingerprint density at radius 3 is 2.30 bits per heavy atom. The monoisotopic (exact) mass is 439 g/mol. The maximum absolute atomic E-state index is 12.9. The predicted octanol–water partition coefficient (Wildman–Crippen LogP) is 3.87. The zero-order valence-corrected chi connectivity index (χ0v) is 18.3. The van der Waals surface area contributed by atoms with Crippen molar-refractivity contribution < 1.29 is 9.59 Å². The fraction of sp³-hybridized carbons (Fsp3) is 0.125. The van der Waals surface area contributed by atoms with Crippen LogP contribution in [0.5, 0.6) is 0 Å². The smallest absolute Gasteiger partial charge is 0.266 e. The number of imide groups is 1. The number of aryl methyl sites for hydroxylation is 2. The van der Waals surface area contributed by atoms with Crippen LogP contribution >= 0.6 is 0 Å². The summed E-state index contributed by atoms with van der Waals surface area (Å²) in [7, 11) is 1.79. The second-order valence-corrected chi connectivity index (χ2v) is 7.71. The van der Waals surface area contributed by atoms with Gasteiger partial charge in [-0.05, 0) is 43.7 Å².